The van der Waals surface area contributed by atoms with Gasteiger partial charge in [-0.15, -0.1) is 0 Å². The minimum Gasteiger partial charge on any atom is -0.481 e. The Kier molecular flexibility index (Phi) is 4.11. The quantitative estimate of drug-likeness (QED) is 0.745. The molecule has 0 radical (unpaired) electrons. The van der Waals surface area contributed by atoms with Crippen molar-refractivity contribution < 1.29 is 19.7 Å². The molecule has 0 bridgehead atoms. The van der Waals surface area contributed by atoms with Crippen LogP contribution in [0, 0.1) is 5.92 Å². The van der Waals surface area contributed by atoms with E-state index in [1.54, 1.807) is 6.92 Å². The number of ether oxygens (including phenoxy) is 1. The lowest BCUT2D eigenvalue weighted by atomic mass is 9.72. The first-order chi connectivity index (χ1) is 7.06. The molecule has 0 aromatic carbocycles. The van der Waals surface area contributed by atoms with Gasteiger partial charge in [0, 0.05) is 7.11 Å². The summed E-state index contributed by atoms with van der Waals surface area (Å²) in [5, 5.41) is 19.5. The molecule has 0 amide bonds. The molecule has 4 heteroatoms. The maximum Gasteiger partial charge on any atom is 0.309 e. The van der Waals surface area contributed by atoms with Crippen LogP contribution in [0.15, 0.2) is 0 Å². The van der Waals surface area contributed by atoms with Gasteiger partial charge in [-0.05, 0) is 19.3 Å². The Labute approximate surface area is 90.2 Å². The van der Waals surface area contributed by atoms with Gasteiger partial charge < -0.3 is 14.9 Å². The molecule has 0 aromatic rings. The second-order valence-corrected chi connectivity index (χ2v) is 4.26. The molecule has 1 saturated carbocycles. The van der Waals surface area contributed by atoms with E-state index < -0.39 is 17.5 Å². The summed E-state index contributed by atoms with van der Waals surface area (Å²) in [5.74, 6) is -1.65. The van der Waals surface area contributed by atoms with Crippen LogP contribution in [0.4, 0.5) is 0 Å². The topological polar surface area (TPSA) is 66.8 Å². The normalized spacial score (nSPS) is 33.7. The van der Waals surface area contributed by atoms with E-state index in [1.807, 2.05) is 0 Å². The molecule has 0 saturated heterocycles. The van der Waals surface area contributed by atoms with Crippen molar-refractivity contribution in [1.29, 1.82) is 0 Å². The van der Waals surface area contributed by atoms with E-state index in [1.165, 1.54) is 7.11 Å². The summed E-state index contributed by atoms with van der Waals surface area (Å²) in [6.07, 6.45) is 3.24. The van der Waals surface area contributed by atoms with Crippen molar-refractivity contribution in [1.82, 2.24) is 0 Å². The molecule has 88 valence electrons. The van der Waals surface area contributed by atoms with Crippen molar-refractivity contribution in [3.63, 3.8) is 0 Å². The molecule has 0 aromatic heterocycles. The van der Waals surface area contributed by atoms with Gasteiger partial charge in [-0.1, -0.05) is 19.8 Å². The van der Waals surface area contributed by atoms with Gasteiger partial charge in [-0.2, -0.15) is 0 Å². The third-order valence-corrected chi connectivity index (χ3v) is 3.45. The van der Waals surface area contributed by atoms with E-state index in [2.05, 4.69) is 0 Å². The van der Waals surface area contributed by atoms with Crippen LogP contribution in [-0.2, 0) is 9.53 Å². The number of hydrogen-bond acceptors (Lipinski definition) is 3. The fourth-order valence-electron chi connectivity index (χ4n) is 2.61. The fourth-order valence-corrected chi connectivity index (χ4v) is 2.61. The number of carbonyl (C=O) groups is 1. The second-order valence-electron chi connectivity index (χ2n) is 4.26. The van der Waals surface area contributed by atoms with Gasteiger partial charge in [0.15, 0.2) is 0 Å². The lowest BCUT2D eigenvalue weighted by Crippen LogP contribution is -2.54. The van der Waals surface area contributed by atoms with E-state index in [0.717, 1.165) is 19.3 Å². The van der Waals surface area contributed by atoms with Crippen LogP contribution >= 0.6 is 0 Å². The highest BCUT2D eigenvalue weighted by atomic mass is 16.5. The van der Waals surface area contributed by atoms with Crippen molar-refractivity contribution in [2.75, 3.05) is 7.11 Å². The number of aliphatic carboxylic acids is 1. The Hall–Kier alpha value is -0.610. The van der Waals surface area contributed by atoms with Crippen molar-refractivity contribution in [3.05, 3.63) is 0 Å². The zero-order valence-corrected chi connectivity index (χ0v) is 9.40. The molecule has 1 rings (SSSR count). The largest absolute Gasteiger partial charge is 0.481 e. The Morgan fingerprint density at radius 2 is 2.27 bits per heavy atom. The SMILES string of the molecule is CCC(C(=O)O)C1(O)CCCCC1OC. The minimum atomic E-state index is -1.19. The van der Waals surface area contributed by atoms with Gasteiger partial charge >= 0.3 is 5.97 Å². The molecular formula is C11H20O4. The van der Waals surface area contributed by atoms with Crippen molar-refractivity contribution in [2.24, 2.45) is 5.92 Å². The summed E-state index contributed by atoms with van der Waals surface area (Å²) in [6, 6.07) is 0. The number of hydrogen-bond donors (Lipinski definition) is 2. The summed E-state index contributed by atoms with van der Waals surface area (Å²) in [6.45, 7) is 1.79. The maximum atomic E-state index is 11.1. The van der Waals surface area contributed by atoms with Gasteiger partial charge in [0.05, 0.1) is 12.0 Å². The number of carboxylic acid groups (broad SMARTS) is 1. The number of rotatable bonds is 4. The Balaban J connectivity index is 2.88. The molecule has 0 spiro atoms. The van der Waals surface area contributed by atoms with E-state index in [4.69, 9.17) is 9.84 Å². The first-order valence-electron chi connectivity index (χ1n) is 5.54. The lowest BCUT2D eigenvalue weighted by molar-refractivity contribution is -0.177. The summed E-state index contributed by atoms with van der Waals surface area (Å²) >= 11 is 0. The summed E-state index contributed by atoms with van der Waals surface area (Å²) < 4.78 is 5.23. The molecule has 1 aliphatic rings. The van der Waals surface area contributed by atoms with Gasteiger partial charge in [0.1, 0.15) is 5.60 Å². The highest BCUT2D eigenvalue weighted by molar-refractivity contribution is 5.71. The standard InChI is InChI=1S/C11H20O4/c1-3-8(10(12)13)11(14)7-5-4-6-9(11)15-2/h8-9,14H,3-7H2,1-2H3,(H,12,13). The van der Waals surface area contributed by atoms with E-state index in [-0.39, 0.29) is 6.10 Å². The second kappa shape index (κ2) is 4.94. The molecule has 15 heavy (non-hydrogen) atoms. The zero-order chi connectivity index (χ0) is 11.5. The number of methoxy groups -OCH3 is 1. The van der Waals surface area contributed by atoms with Crippen LogP contribution in [0.5, 0.6) is 0 Å². The smallest absolute Gasteiger partial charge is 0.309 e. The lowest BCUT2D eigenvalue weighted by Gasteiger charge is -2.42. The van der Waals surface area contributed by atoms with Crippen LogP contribution in [-0.4, -0.2) is 35.0 Å². The Morgan fingerprint density at radius 3 is 2.73 bits per heavy atom. The van der Waals surface area contributed by atoms with E-state index in [0.29, 0.717) is 12.8 Å². The third kappa shape index (κ3) is 2.32. The monoisotopic (exact) mass is 216 g/mol. The molecule has 1 aliphatic carbocycles. The van der Waals surface area contributed by atoms with Gasteiger partial charge in [-0.25, -0.2) is 0 Å². The molecule has 3 atom stereocenters. The van der Waals surface area contributed by atoms with E-state index in [9.17, 15) is 9.90 Å². The van der Waals surface area contributed by atoms with Gasteiger partial charge in [0.2, 0.25) is 0 Å². The Bertz CT molecular complexity index is 229. The minimum absolute atomic E-state index is 0.340. The summed E-state index contributed by atoms with van der Waals surface area (Å²) in [4.78, 5) is 11.1. The number of aliphatic hydroxyl groups is 1. The Morgan fingerprint density at radius 1 is 1.60 bits per heavy atom. The maximum absolute atomic E-state index is 11.1. The highest BCUT2D eigenvalue weighted by Crippen LogP contribution is 2.37. The molecular weight excluding hydrogens is 196 g/mol. The van der Waals surface area contributed by atoms with Crippen molar-refractivity contribution in [3.8, 4) is 0 Å². The molecule has 4 nitrogen and oxygen atoms in total. The van der Waals surface area contributed by atoms with Crippen LogP contribution in [0.1, 0.15) is 39.0 Å². The van der Waals surface area contributed by atoms with Crippen molar-refractivity contribution in [2.45, 2.75) is 50.7 Å². The molecule has 0 heterocycles. The predicted octanol–water partition coefficient (Wildman–Crippen LogP) is 1.42. The van der Waals surface area contributed by atoms with Crippen LogP contribution in [0.2, 0.25) is 0 Å². The molecule has 1 fully saturated rings. The first kappa shape index (κ1) is 12.5. The average molecular weight is 216 g/mol. The average Bonchev–Trinajstić information content (AvgIpc) is 2.18. The molecule has 3 unspecified atom stereocenters. The molecule has 2 N–H and O–H groups in total. The van der Waals surface area contributed by atoms with Crippen LogP contribution < -0.4 is 0 Å². The van der Waals surface area contributed by atoms with Crippen molar-refractivity contribution >= 4 is 5.97 Å². The fraction of sp³-hybridized carbons (Fsp3) is 0.909. The van der Waals surface area contributed by atoms with E-state index >= 15 is 0 Å². The predicted molar refractivity (Wildman–Crippen MR) is 55.6 cm³/mol. The third-order valence-electron chi connectivity index (χ3n) is 3.45. The summed E-state index contributed by atoms with van der Waals surface area (Å²) in [7, 11) is 1.54. The molecule has 0 aliphatic heterocycles. The zero-order valence-electron chi connectivity index (χ0n) is 9.40. The summed E-state index contributed by atoms with van der Waals surface area (Å²) in [5.41, 5.74) is -1.19. The van der Waals surface area contributed by atoms with Gasteiger partial charge in [-0.3, -0.25) is 4.79 Å². The van der Waals surface area contributed by atoms with Gasteiger partial charge in [0.25, 0.3) is 0 Å². The van der Waals surface area contributed by atoms with Crippen LogP contribution in [0.3, 0.4) is 0 Å². The first-order valence-corrected chi connectivity index (χ1v) is 5.54. The highest BCUT2D eigenvalue weighted by Gasteiger charge is 2.48. The van der Waals surface area contributed by atoms with Crippen LogP contribution in [0.25, 0.3) is 0 Å². The number of carboxylic acids is 1.